The second kappa shape index (κ2) is 11.7. The summed E-state index contributed by atoms with van der Waals surface area (Å²) in [4.78, 5) is 0. The second-order valence-corrected chi connectivity index (χ2v) is 9.80. The molecule has 4 heteroatoms. The fourth-order valence-corrected chi connectivity index (χ4v) is 7.11. The van der Waals surface area contributed by atoms with Gasteiger partial charge in [0.25, 0.3) is 0 Å². The molecular formula is C23H28Cl2OTi. The van der Waals surface area contributed by atoms with Crippen LogP contribution in [0.25, 0.3) is 11.1 Å². The number of allylic oxidation sites excluding steroid dienone is 4. The predicted molar refractivity (Wildman–Crippen MR) is 119 cm³/mol. The first-order valence-corrected chi connectivity index (χ1v) is 11.3. The van der Waals surface area contributed by atoms with Gasteiger partial charge in [0.05, 0.1) is 0 Å². The van der Waals surface area contributed by atoms with Crippen molar-refractivity contribution in [2.24, 2.45) is 0 Å². The van der Waals surface area contributed by atoms with Crippen molar-refractivity contribution in [1.82, 2.24) is 0 Å². The van der Waals surface area contributed by atoms with Crippen LogP contribution in [-0.4, -0.2) is 3.81 Å². The van der Waals surface area contributed by atoms with Crippen molar-refractivity contribution in [3.05, 3.63) is 76.2 Å². The first kappa shape index (κ1) is 23.9. The fourth-order valence-electron chi connectivity index (χ4n) is 3.29. The molecule has 0 amide bonds. The van der Waals surface area contributed by atoms with Gasteiger partial charge in [0.2, 0.25) is 0 Å². The van der Waals surface area contributed by atoms with Gasteiger partial charge >= 0.3 is 158 Å². The van der Waals surface area contributed by atoms with E-state index < -0.39 is 17.8 Å². The minimum absolute atomic E-state index is 0. The Kier molecular flexibility index (Phi) is 10.3. The van der Waals surface area contributed by atoms with E-state index in [2.05, 4.69) is 87.5 Å². The Morgan fingerprint density at radius 1 is 0.926 bits per heavy atom. The summed E-state index contributed by atoms with van der Waals surface area (Å²) >= 11 is -1.90. The Labute approximate surface area is 182 Å². The fraction of sp³-hybridized carbons (Fsp3) is 0.261. The summed E-state index contributed by atoms with van der Waals surface area (Å²) in [7, 11) is 0. The first-order chi connectivity index (χ1) is 12.2. The van der Waals surface area contributed by atoms with Crippen LogP contribution in [0.1, 0.15) is 40.0 Å². The topological polar surface area (TPSA) is 9.23 Å². The first-order valence-electron chi connectivity index (χ1n) is 9.15. The van der Waals surface area contributed by atoms with Crippen molar-refractivity contribution >= 4 is 28.6 Å². The number of benzene rings is 2. The van der Waals surface area contributed by atoms with E-state index in [9.17, 15) is 0 Å². The minimum atomic E-state index is -1.90. The van der Waals surface area contributed by atoms with Gasteiger partial charge in [0, 0.05) is 0 Å². The van der Waals surface area contributed by atoms with Gasteiger partial charge < -0.3 is 0 Å². The minimum Gasteiger partial charge on any atom is -0.147 e. The summed E-state index contributed by atoms with van der Waals surface area (Å²) in [6.45, 7) is 6.78. The number of halogens is 2. The van der Waals surface area contributed by atoms with Gasteiger partial charge in [-0.15, -0.1) is 24.8 Å². The zero-order chi connectivity index (χ0) is 17.6. The zero-order valence-corrected chi connectivity index (χ0v) is 19.4. The van der Waals surface area contributed by atoms with Crippen LogP contribution in [0.5, 0.6) is 5.75 Å². The van der Waals surface area contributed by atoms with Crippen molar-refractivity contribution in [1.29, 1.82) is 0 Å². The van der Waals surface area contributed by atoms with E-state index in [1.807, 2.05) is 0 Å². The Bertz CT molecular complexity index is 832. The standard InChI is InChI=1S/C12H10O.C6H7.C5H10.2ClH.Ti/c13-12-8-4-7-11(9-12)10-5-2-1-3-6-10;1-6-4-2-3-5-6;1-3-5-4-2;;;/h1-9,13H;2,4H,3H2,1H3;3-4H2,1-2H3;2*1H;/q;;;;;+1/p-1. The summed E-state index contributed by atoms with van der Waals surface area (Å²) < 4.78 is 9.91. The summed E-state index contributed by atoms with van der Waals surface area (Å²) in [5, 5.41) is 0. The molecule has 1 aliphatic carbocycles. The molecule has 0 aromatic heterocycles. The maximum atomic E-state index is 6.71. The average molecular weight is 439 g/mol. The monoisotopic (exact) mass is 438 g/mol. The van der Waals surface area contributed by atoms with Crippen LogP contribution in [0, 0.1) is 0 Å². The molecule has 2 aromatic carbocycles. The zero-order valence-electron chi connectivity index (χ0n) is 16.2. The smallest absolute Gasteiger partial charge is 0.147 e. The molecule has 0 aliphatic heterocycles. The summed E-state index contributed by atoms with van der Waals surface area (Å²) in [6.07, 6.45) is 7.87. The molecule has 0 N–H and O–H groups in total. The van der Waals surface area contributed by atoms with Crippen LogP contribution in [0.4, 0.5) is 0 Å². The molecule has 0 fully saturated rings. The Hall–Kier alpha value is -1.12. The molecule has 0 radical (unpaired) electrons. The number of rotatable bonds is 6. The van der Waals surface area contributed by atoms with Gasteiger partial charge in [-0.1, -0.05) is 0 Å². The van der Waals surface area contributed by atoms with Crippen molar-refractivity contribution < 1.29 is 21.1 Å². The molecule has 0 saturated heterocycles. The molecule has 0 heterocycles. The Morgan fingerprint density at radius 2 is 1.59 bits per heavy atom. The van der Waals surface area contributed by atoms with Crippen LogP contribution in [-0.2, 0) is 17.8 Å². The molecule has 0 saturated carbocycles. The Morgan fingerprint density at radius 3 is 2.19 bits per heavy atom. The summed E-state index contributed by atoms with van der Waals surface area (Å²) in [6, 6.07) is 19.1. The van der Waals surface area contributed by atoms with Gasteiger partial charge in [0.1, 0.15) is 0 Å². The van der Waals surface area contributed by atoms with E-state index in [1.165, 1.54) is 16.7 Å². The third-order valence-electron chi connectivity index (χ3n) is 4.78. The maximum Gasteiger partial charge on any atom is -0.147 e. The summed E-state index contributed by atoms with van der Waals surface area (Å²) in [5.41, 5.74) is 3.89. The summed E-state index contributed by atoms with van der Waals surface area (Å²) in [5.74, 6) is 1.02. The van der Waals surface area contributed by atoms with Crippen LogP contribution in [0.15, 0.2) is 76.2 Å². The van der Waals surface area contributed by atoms with Crippen LogP contribution < -0.4 is 3.32 Å². The van der Waals surface area contributed by atoms with Crippen LogP contribution >= 0.6 is 24.8 Å². The van der Waals surface area contributed by atoms with E-state index in [0.717, 1.165) is 25.0 Å². The SMILES string of the molecule is CC[C](CC)=[Ti]([O]c1cccc(-c2ccccc2)c1)[C]1=C(C)C=CC1.Cl.Cl. The molecule has 0 unspecified atom stereocenters. The van der Waals surface area contributed by atoms with Gasteiger partial charge in [-0.3, -0.25) is 0 Å². The third-order valence-corrected chi connectivity index (χ3v) is 9.36. The third kappa shape index (κ3) is 5.93. The van der Waals surface area contributed by atoms with Crippen molar-refractivity contribution in [2.75, 3.05) is 0 Å². The molecule has 1 aliphatic rings. The van der Waals surface area contributed by atoms with Gasteiger partial charge in [-0.2, -0.15) is 0 Å². The second-order valence-electron chi connectivity index (χ2n) is 6.40. The van der Waals surface area contributed by atoms with E-state index in [1.54, 1.807) is 7.69 Å². The molecule has 1 nitrogen and oxygen atoms in total. The normalized spacial score (nSPS) is 12.3. The molecular weight excluding hydrogens is 411 g/mol. The van der Waals surface area contributed by atoms with Crippen LogP contribution in [0.3, 0.4) is 0 Å². The van der Waals surface area contributed by atoms with Gasteiger partial charge in [-0.25, -0.2) is 0 Å². The molecule has 144 valence electrons. The molecule has 0 atom stereocenters. The van der Waals surface area contributed by atoms with E-state index >= 15 is 0 Å². The molecule has 0 spiro atoms. The van der Waals surface area contributed by atoms with Crippen molar-refractivity contribution in [2.45, 2.75) is 40.0 Å². The maximum absolute atomic E-state index is 6.71. The molecule has 3 rings (SSSR count). The van der Waals surface area contributed by atoms with Crippen molar-refractivity contribution in [3.8, 4) is 16.9 Å². The number of hydrogen-bond acceptors (Lipinski definition) is 1. The molecule has 0 bridgehead atoms. The number of hydrogen-bond donors (Lipinski definition) is 0. The van der Waals surface area contributed by atoms with Gasteiger partial charge in [0.15, 0.2) is 0 Å². The van der Waals surface area contributed by atoms with Crippen LogP contribution in [0.2, 0.25) is 0 Å². The molecule has 2 aromatic rings. The van der Waals surface area contributed by atoms with E-state index in [0.29, 0.717) is 0 Å². The van der Waals surface area contributed by atoms with Gasteiger partial charge in [-0.05, 0) is 0 Å². The van der Waals surface area contributed by atoms with E-state index in [-0.39, 0.29) is 24.8 Å². The Balaban J connectivity index is 0.00000182. The predicted octanol–water partition coefficient (Wildman–Crippen LogP) is 7.34. The quantitative estimate of drug-likeness (QED) is 0.428. The molecule has 27 heavy (non-hydrogen) atoms. The average Bonchev–Trinajstić information content (AvgIpc) is 3.08. The van der Waals surface area contributed by atoms with Crippen molar-refractivity contribution in [3.63, 3.8) is 0 Å². The largest absolute Gasteiger partial charge is 0.147 e. The van der Waals surface area contributed by atoms with E-state index in [4.69, 9.17) is 3.32 Å².